The summed E-state index contributed by atoms with van der Waals surface area (Å²) >= 11 is 0. The van der Waals surface area contributed by atoms with Crippen molar-refractivity contribution in [1.82, 2.24) is 15.1 Å². The second-order valence-corrected chi connectivity index (χ2v) is 6.87. The summed E-state index contributed by atoms with van der Waals surface area (Å²) in [6.45, 7) is 5.54. The molecule has 2 heterocycles. The van der Waals surface area contributed by atoms with Gasteiger partial charge in [-0.25, -0.2) is 0 Å². The van der Waals surface area contributed by atoms with Crippen LogP contribution in [0.3, 0.4) is 0 Å². The van der Waals surface area contributed by atoms with Gasteiger partial charge < -0.3 is 9.73 Å². The number of furan rings is 1. The van der Waals surface area contributed by atoms with Gasteiger partial charge in [0.1, 0.15) is 5.76 Å². The molecule has 0 aromatic carbocycles. The van der Waals surface area contributed by atoms with Crippen molar-refractivity contribution in [3.63, 3.8) is 0 Å². The second kappa shape index (κ2) is 6.31. The van der Waals surface area contributed by atoms with Gasteiger partial charge in [0.2, 0.25) is 5.09 Å². The van der Waals surface area contributed by atoms with Crippen LogP contribution in [0.2, 0.25) is 0 Å². The third-order valence-electron chi connectivity index (χ3n) is 2.71. The van der Waals surface area contributed by atoms with Gasteiger partial charge >= 0.3 is 0 Å². The third-order valence-corrected chi connectivity index (χ3v) is 3.96. The van der Waals surface area contributed by atoms with Crippen LogP contribution in [0, 0.1) is 5.92 Å². The molecule has 0 spiro atoms. The summed E-state index contributed by atoms with van der Waals surface area (Å²) in [5, 5.41) is 7.00. The lowest BCUT2D eigenvalue weighted by atomic mass is 10.2. The van der Waals surface area contributed by atoms with Gasteiger partial charge in [0, 0.05) is 13.2 Å². The molecule has 2 N–H and O–H groups in total. The number of sulfonamides is 1. The zero-order chi connectivity index (χ0) is 15.5. The maximum atomic E-state index is 12.1. The van der Waals surface area contributed by atoms with E-state index in [4.69, 9.17) is 4.42 Å². The highest BCUT2D eigenvalue weighted by Crippen LogP contribution is 2.18. The monoisotopic (exact) mass is 312 g/mol. The van der Waals surface area contributed by atoms with Gasteiger partial charge in [-0.3, -0.25) is 9.40 Å². The van der Waals surface area contributed by atoms with Crippen molar-refractivity contribution >= 4 is 15.7 Å². The largest absolute Gasteiger partial charge is 0.446 e. The maximum absolute atomic E-state index is 12.1. The quantitative estimate of drug-likeness (QED) is 0.810. The van der Waals surface area contributed by atoms with E-state index in [9.17, 15) is 8.42 Å². The van der Waals surface area contributed by atoms with Crippen molar-refractivity contribution in [1.29, 1.82) is 0 Å². The molecule has 2 aromatic heterocycles. The average Bonchev–Trinajstić information content (AvgIpc) is 2.98. The highest BCUT2D eigenvalue weighted by molar-refractivity contribution is 7.92. The number of rotatable bonds is 7. The third kappa shape index (κ3) is 4.33. The predicted octanol–water partition coefficient (Wildman–Crippen LogP) is 1.56. The second-order valence-electron chi connectivity index (χ2n) is 5.25. The van der Waals surface area contributed by atoms with Gasteiger partial charge in [0.25, 0.3) is 10.0 Å². The molecule has 8 heteroatoms. The molecule has 21 heavy (non-hydrogen) atoms. The van der Waals surface area contributed by atoms with Crippen LogP contribution in [0.1, 0.15) is 19.6 Å². The van der Waals surface area contributed by atoms with E-state index in [0.29, 0.717) is 23.9 Å². The highest BCUT2D eigenvalue weighted by atomic mass is 32.2. The average molecular weight is 312 g/mol. The summed E-state index contributed by atoms with van der Waals surface area (Å²) < 4.78 is 33.6. The smallest absolute Gasteiger partial charge is 0.295 e. The number of hydrogen-bond acceptors (Lipinski definition) is 5. The van der Waals surface area contributed by atoms with Gasteiger partial charge in [-0.05, 0) is 24.6 Å². The van der Waals surface area contributed by atoms with Gasteiger partial charge in [-0.2, -0.15) is 13.5 Å². The Morgan fingerprint density at radius 1 is 1.38 bits per heavy atom. The topological polar surface area (TPSA) is 89.2 Å². The predicted molar refractivity (Wildman–Crippen MR) is 79.3 cm³/mol. The summed E-state index contributed by atoms with van der Waals surface area (Å²) in [6, 6.07) is 3.11. The first kappa shape index (κ1) is 15.6. The van der Waals surface area contributed by atoms with Gasteiger partial charge in [0.15, 0.2) is 0 Å². The zero-order valence-corrected chi connectivity index (χ0v) is 13.1. The van der Waals surface area contributed by atoms with Crippen LogP contribution in [0.25, 0.3) is 0 Å². The molecular weight excluding hydrogens is 292 g/mol. The molecule has 0 amide bonds. The Bertz CT molecular complexity index is 688. The standard InChI is InChI=1S/C13H20N4O3S/c1-10(2)6-14-8-12-4-5-13(20-12)21(18,19)16-11-7-15-17(3)9-11/h4-5,7,9-10,14,16H,6,8H2,1-3H3. The number of nitrogens with one attached hydrogen (secondary N) is 2. The molecule has 0 bridgehead atoms. The Hall–Kier alpha value is -1.80. The molecule has 0 aliphatic carbocycles. The fourth-order valence-corrected chi connectivity index (χ4v) is 2.74. The normalized spacial score (nSPS) is 12.0. The van der Waals surface area contributed by atoms with Crippen molar-refractivity contribution in [3.05, 3.63) is 30.3 Å². The van der Waals surface area contributed by atoms with E-state index < -0.39 is 10.0 Å². The van der Waals surface area contributed by atoms with E-state index in [1.165, 1.54) is 16.9 Å². The molecule has 0 atom stereocenters. The first-order valence-corrected chi connectivity index (χ1v) is 8.16. The summed E-state index contributed by atoms with van der Waals surface area (Å²) in [5.74, 6) is 1.11. The van der Waals surface area contributed by atoms with Crippen molar-refractivity contribution in [3.8, 4) is 0 Å². The first-order chi connectivity index (χ1) is 9.87. The van der Waals surface area contributed by atoms with Crippen molar-refractivity contribution in [2.24, 2.45) is 13.0 Å². The van der Waals surface area contributed by atoms with Crippen LogP contribution in [-0.4, -0.2) is 24.7 Å². The molecular formula is C13H20N4O3S. The lowest BCUT2D eigenvalue weighted by Crippen LogP contribution is -2.18. The first-order valence-electron chi connectivity index (χ1n) is 6.68. The molecule has 0 unspecified atom stereocenters. The van der Waals surface area contributed by atoms with E-state index in [2.05, 4.69) is 29.0 Å². The Balaban J connectivity index is 2.02. The van der Waals surface area contributed by atoms with Crippen LogP contribution in [0.15, 0.2) is 34.0 Å². The lowest BCUT2D eigenvalue weighted by Gasteiger charge is -2.05. The Morgan fingerprint density at radius 3 is 2.76 bits per heavy atom. The van der Waals surface area contributed by atoms with Crippen molar-refractivity contribution < 1.29 is 12.8 Å². The molecule has 7 nitrogen and oxygen atoms in total. The molecule has 116 valence electrons. The number of anilines is 1. The Kier molecular flexibility index (Phi) is 4.69. The number of nitrogens with zero attached hydrogens (tertiary/aromatic N) is 2. The lowest BCUT2D eigenvalue weighted by molar-refractivity contribution is 0.398. The van der Waals surface area contributed by atoms with E-state index in [0.717, 1.165) is 6.54 Å². The molecule has 2 rings (SSSR count). The van der Waals surface area contributed by atoms with E-state index in [1.54, 1.807) is 19.3 Å². The van der Waals surface area contributed by atoms with Crippen molar-refractivity contribution in [2.75, 3.05) is 11.3 Å². The number of aromatic nitrogens is 2. The van der Waals surface area contributed by atoms with Crippen LogP contribution < -0.4 is 10.0 Å². The van der Waals surface area contributed by atoms with E-state index in [1.807, 2.05) is 0 Å². The van der Waals surface area contributed by atoms with Crippen LogP contribution in [0.4, 0.5) is 5.69 Å². The van der Waals surface area contributed by atoms with Gasteiger partial charge in [-0.15, -0.1) is 0 Å². The Morgan fingerprint density at radius 2 is 2.14 bits per heavy atom. The fraction of sp³-hybridized carbons (Fsp3) is 0.462. The number of aryl methyl sites for hydroxylation is 1. The SMILES string of the molecule is CC(C)CNCc1ccc(S(=O)(=O)Nc2cnn(C)c2)o1. The zero-order valence-electron chi connectivity index (χ0n) is 12.3. The molecule has 0 fully saturated rings. The molecule has 0 saturated heterocycles. The summed E-state index contributed by atoms with van der Waals surface area (Å²) in [5.41, 5.74) is 0.397. The summed E-state index contributed by atoms with van der Waals surface area (Å²) in [6.07, 6.45) is 3.01. The molecule has 0 radical (unpaired) electrons. The minimum Gasteiger partial charge on any atom is -0.446 e. The van der Waals surface area contributed by atoms with Crippen LogP contribution in [0.5, 0.6) is 0 Å². The Labute approximate surface area is 124 Å². The molecule has 2 aromatic rings. The van der Waals surface area contributed by atoms with E-state index >= 15 is 0 Å². The maximum Gasteiger partial charge on any atom is 0.295 e. The van der Waals surface area contributed by atoms with Crippen molar-refractivity contribution in [2.45, 2.75) is 25.5 Å². The minimum absolute atomic E-state index is 0.104. The minimum atomic E-state index is -3.72. The van der Waals surface area contributed by atoms with E-state index in [-0.39, 0.29) is 5.09 Å². The molecule has 0 aliphatic heterocycles. The molecule has 0 aliphatic rings. The summed E-state index contributed by atoms with van der Waals surface area (Å²) in [4.78, 5) is 0. The fourth-order valence-electron chi connectivity index (χ4n) is 1.76. The highest BCUT2D eigenvalue weighted by Gasteiger charge is 2.19. The van der Waals surface area contributed by atoms with Gasteiger partial charge in [-0.1, -0.05) is 13.8 Å². The molecule has 0 saturated carbocycles. The summed E-state index contributed by atoms with van der Waals surface area (Å²) in [7, 11) is -2.01. The number of hydrogen-bond donors (Lipinski definition) is 2. The van der Waals surface area contributed by atoms with Crippen LogP contribution >= 0.6 is 0 Å². The van der Waals surface area contributed by atoms with Crippen LogP contribution in [-0.2, 0) is 23.6 Å². The van der Waals surface area contributed by atoms with Gasteiger partial charge in [0.05, 0.1) is 18.4 Å².